The molecular formula is C24H27ClN2O4. The normalized spacial score (nSPS) is 20.9. The van der Waals surface area contributed by atoms with Crippen molar-refractivity contribution in [3.63, 3.8) is 0 Å². The number of hydrogen-bond acceptors (Lipinski definition) is 4. The first-order valence-electron chi connectivity index (χ1n) is 10.7. The zero-order valence-electron chi connectivity index (χ0n) is 17.8. The molecule has 0 bridgehead atoms. The maximum absolute atomic E-state index is 13.0. The molecule has 2 aromatic rings. The average molecular weight is 443 g/mol. The van der Waals surface area contributed by atoms with Crippen LogP contribution in [0, 0.1) is 19.8 Å². The largest absolute Gasteiger partial charge is 0.489 e. The summed E-state index contributed by atoms with van der Waals surface area (Å²) >= 11 is 6.14. The van der Waals surface area contributed by atoms with E-state index in [2.05, 4.69) is 5.32 Å². The number of aryl methyl sites for hydroxylation is 2. The number of rotatable bonds is 6. The Morgan fingerprint density at radius 1 is 1.19 bits per heavy atom. The molecule has 2 atom stereocenters. The molecule has 0 saturated carbocycles. The summed E-state index contributed by atoms with van der Waals surface area (Å²) < 4.78 is 11.5. The van der Waals surface area contributed by atoms with Gasteiger partial charge >= 0.3 is 0 Å². The highest BCUT2D eigenvalue weighted by Crippen LogP contribution is 2.32. The number of benzene rings is 2. The van der Waals surface area contributed by atoms with Gasteiger partial charge in [-0.3, -0.25) is 9.59 Å². The van der Waals surface area contributed by atoms with Crippen LogP contribution < -0.4 is 15.0 Å². The average Bonchev–Trinajstić information content (AvgIpc) is 3.39. The maximum Gasteiger partial charge on any atom is 0.239 e. The molecule has 0 spiro atoms. The van der Waals surface area contributed by atoms with Crippen LogP contribution in [0.1, 0.15) is 30.4 Å². The van der Waals surface area contributed by atoms with Gasteiger partial charge in [-0.1, -0.05) is 17.7 Å². The van der Waals surface area contributed by atoms with Crippen molar-refractivity contribution in [3.05, 3.63) is 52.5 Å². The third kappa shape index (κ3) is 4.86. The standard InChI is InChI=1S/C24H27ClN2O4/c1-15-5-7-18(12-16(15)2)27-10-9-20(24(27)29)23(28)26-21-13-17(25)6-8-22(21)31-14-19-4-3-11-30-19/h5-8,12-13,19-20H,3-4,9-11,14H2,1-2H3,(H,26,28). The van der Waals surface area contributed by atoms with Crippen LogP contribution in [-0.2, 0) is 14.3 Å². The van der Waals surface area contributed by atoms with Crippen LogP contribution in [0.4, 0.5) is 11.4 Å². The number of hydrogen-bond donors (Lipinski definition) is 1. The lowest BCUT2D eigenvalue weighted by Crippen LogP contribution is -2.33. The van der Waals surface area contributed by atoms with Crippen LogP contribution in [0.15, 0.2) is 36.4 Å². The first kappa shape index (κ1) is 21.7. The monoisotopic (exact) mass is 442 g/mol. The van der Waals surface area contributed by atoms with Gasteiger partial charge in [0.2, 0.25) is 11.8 Å². The van der Waals surface area contributed by atoms with Gasteiger partial charge in [0.05, 0.1) is 11.8 Å². The second-order valence-corrected chi connectivity index (χ2v) is 8.61. The molecule has 2 fully saturated rings. The minimum Gasteiger partial charge on any atom is -0.489 e. The second-order valence-electron chi connectivity index (χ2n) is 8.18. The van der Waals surface area contributed by atoms with Crippen molar-refractivity contribution in [2.75, 3.05) is 30.0 Å². The van der Waals surface area contributed by atoms with E-state index in [1.54, 1.807) is 23.1 Å². The van der Waals surface area contributed by atoms with Crippen LogP contribution in [0.5, 0.6) is 5.75 Å². The molecule has 7 heteroatoms. The van der Waals surface area contributed by atoms with Crippen LogP contribution in [0.3, 0.4) is 0 Å². The van der Waals surface area contributed by atoms with Crippen molar-refractivity contribution in [2.24, 2.45) is 5.92 Å². The van der Waals surface area contributed by atoms with E-state index in [-0.39, 0.29) is 17.9 Å². The van der Waals surface area contributed by atoms with E-state index in [0.717, 1.165) is 30.7 Å². The minimum absolute atomic E-state index is 0.0576. The number of amides is 2. The van der Waals surface area contributed by atoms with Gasteiger partial charge in [-0.2, -0.15) is 0 Å². The van der Waals surface area contributed by atoms with Crippen molar-refractivity contribution in [1.82, 2.24) is 0 Å². The Labute approximate surface area is 187 Å². The van der Waals surface area contributed by atoms with E-state index in [1.807, 2.05) is 32.0 Å². The Morgan fingerprint density at radius 2 is 2.03 bits per heavy atom. The van der Waals surface area contributed by atoms with Gasteiger partial charge in [0.15, 0.2) is 0 Å². The fourth-order valence-corrected chi connectivity index (χ4v) is 4.15. The van der Waals surface area contributed by atoms with Gasteiger partial charge in [0.1, 0.15) is 18.3 Å². The van der Waals surface area contributed by atoms with Gasteiger partial charge in [0, 0.05) is 23.9 Å². The number of nitrogens with zero attached hydrogens (tertiary/aromatic N) is 1. The quantitative estimate of drug-likeness (QED) is 0.668. The third-order valence-electron chi connectivity index (χ3n) is 5.97. The van der Waals surface area contributed by atoms with Crippen molar-refractivity contribution in [1.29, 1.82) is 0 Å². The molecule has 2 aliphatic heterocycles. The highest BCUT2D eigenvalue weighted by Gasteiger charge is 2.38. The van der Waals surface area contributed by atoms with Gasteiger partial charge in [-0.25, -0.2) is 0 Å². The summed E-state index contributed by atoms with van der Waals surface area (Å²) in [5, 5.41) is 3.34. The lowest BCUT2D eigenvalue weighted by molar-refractivity contribution is -0.129. The van der Waals surface area contributed by atoms with Crippen molar-refractivity contribution < 1.29 is 19.1 Å². The molecule has 0 radical (unpaired) electrons. The van der Waals surface area contributed by atoms with E-state index in [9.17, 15) is 9.59 Å². The summed E-state index contributed by atoms with van der Waals surface area (Å²) in [6.45, 7) is 5.72. The number of halogens is 1. The Morgan fingerprint density at radius 3 is 2.77 bits per heavy atom. The molecular weight excluding hydrogens is 416 g/mol. The minimum atomic E-state index is -0.744. The molecule has 4 rings (SSSR count). The number of ether oxygens (including phenoxy) is 2. The smallest absolute Gasteiger partial charge is 0.239 e. The number of anilines is 2. The first-order chi connectivity index (χ1) is 14.9. The zero-order valence-corrected chi connectivity index (χ0v) is 18.6. The van der Waals surface area contributed by atoms with Crippen LogP contribution in [0.25, 0.3) is 0 Å². The molecule has 2 aliphatic rings. The SMILES string of the molecule is Cc1ccc(N2CCC(C(=O)Nc3cc(Cl)ccc3OCC3CCCO3)C2=O)cc1C. The summed E-state index contributed by atoms with van der Waals surface area (Å²) in [6, 6.07) is 11.0. The van der Waals surface area contributed by atoms with E-state index < -0.39 is 5.92 Å². The first-order valence-corrected chi connectivity index (χ1v) is 11.0. The predicted molar refractivity (Wildman–Crippen MR) is 121 cm³/mol. The molecule has 0 aromatic heterocycles. The molecule has 31 heavy (non-hydrogen) atoms. The van der Waals surface area contributed by atoms with E-state index in [1.165, 1.54) is 5.56 Å². The molecule has 0 aliphatic carbocycles. The molecule has 2 heterocycles. The topological polar surface area (TPSA) is 67.9 Å². The highest BCUT2D eigenvalue weighted by atomic mass is 35.5. The third-order valence-corrected chi connectivity index (χ3v) is 6.21. The van der Waals surface area contributed by atoms with Crippen LogP contribution in [0.2, 0.25) is 5.02 Å². The van der Waals surface area contributed by atoms with Gasteiger partial charge in [-0.15, -0.1) is 0 Å². The molecule has 164 valence electrons. The summed E-state index contributed by atoms with van der Waals surface area (Å²) in [7, 11) is 0. The van der Waals surface area contributed by atoms with Gasteiger partial charge in [0.25, 0.3) is 0 Å². The van der Waals surface area contributed by atoms with Crippen LogP contribution in [-0.4, -0.2) is 37.7 Å². The maximum atomic E-state index is 13.0. The number of carbonyl (C=O) groups excluding carboxylic acids is 2. The molecule has 1 N–H and O–H groups in total. The molecule has 2 amide bonds. The summed E-state index contributed by atoms with van der Waals surface area (Å²) in [5.41, 5.74) is 3.58. The lowest BCUT2D eigenvalue weighted by Gasteiger charge is -2.19. The number of carbonyl (C=O) groups is 2. The Balaban J connectivity index is 1.44. The summed E-state index contributed by atoms with van der Waals surface area (Å²) in [4.78, 5) is 27.6. The second kappa shape index (κ2) is 9.28. The van der Waals surface area contributed by atoms with E-state index >= 15 is 0 Å². The van der Waals surface area contributed by atoms with Crippen LogP contribution >= 0.6 is 11.6 Å². The Hall–Kier alpha value is -2.57. The molecule has 6 nitrogen and oxygen atoms in total. The fraction of sp³-hybridized carbons (Fsp3) is 0.417. The number of nitrogens with one attached hydrogen (secondary N) is 1. The lowest BCUT2D eigenvalue weighted by atomic mass is 10.1. The summed E-state index contributed by atoms with van der Waals surface area (Å²) in [6.07, 6.45) is 2.51. The molecule has 2 unspecified atom stereocenters. The predicted octanol–water partition coefficient (Wildman–Crippen LogP) is 4.51. The fourth-order valence-electron chi connectivity index (χ4n) is 3.98. The summed E-state index contributed by atoms with van der Waals surface area (Å²) in [5.74, 6) is -0.763. The van der Waals surface area contributed by atoms with Gasteiger partial charge in [-0.05, 0) is 74.6 Å². The Bertz CT molecular complexity index is 988. The molecule has 2 saturated heterocycles. The van der Waals surface area contributed by atoms with E-state index in [4.69, 9.17) is 21.1 Å². The highest BCUT2D eigenvalue weighted by molar-refractivity contribution is 6.31. The van der Waals surface area contributed by atoms with Crippen molar-refractivity contribution >= 4 is 34.8 Å². The van der Waals surface area contributed by atoms with E-state index in [0.29, 0.717) is 36.0 Å². The zero-order chi connectivity index (χ0) is 22.0. The Kier molecular flexibility index (Phi) is 6.49. The van der Waals surface area contributed by atoms with Gasteiger partial charge < -0.3 is 19.7 Å². The van der Waals surface area contributed by atoms with Crippen molar-refractivity contribution in [3.8, 4) is 5.75 Å². The van der Waals surface area contributed by atoms with Crippen molar-refractivity contribution in [2.45, 2.75) is 39.2 Å². The molecule has 2 aromatic carbocycles.